The Bertz CT molecular complexity index is 788. The fraction of sp³-hybridized carbons (Fsp3) is 0.412. The number of hydrogen-bond acceptors (Lipinski definition) is 5. The third-order valence-corrected chi connectivity index (χ3v) is 4.76. The molecule has 2 aromatic rings. The molecule has 1 aliphatic heterocycles. The number of rotatable bonds is 4. The van der Waals surface area contributed by atoms with E-state index in [1.165, 1.54) is 30.8 Å². The fourth-order valence-electron chi connectivity index (χ4n) is 3.08. The van der Waals surface area contributed by atoms with E-state index in [0.717, 1.165) is 18.9 Å². The number of piperazine rings is 1. The quantitative estimate of drug-likeness (QED) is 0.853. The summed E-state index contributed by atoms with van der Waals surface area (Å²) in [5, 5.41) is 7.52. The van der Waals surface area contributed by atoms with Gasteiger partial charge in [0, 0.05) is 50.1 Å². The molecule has 130 valence electrons. The van der Waals surface area contributed by atoms with Gasteiger partial charge in [-0.2, -0.15) is 5.10 Å². The zero-order chi connectivity index (χ0) is 17.4. The first-order valence-electron chi connectivity index (χ1n) is 8.47. The van der Waals surface area contributed by atoms with E-state index in [2.05, 4.69) is 26.1 Å². The zero-order valence-electron chi connectivity index (χ0n) is 13.8. The maximum Gasteiger partial charge on any atom is 0.267 e. The molecule has 3 heterocycles. The van der Waals surface area contributed by atoms with Crippen molar-refractivity contribution in [2.24, 2.45) is 5.73 Å². The van der Waals surface area contributed by atoms with E-state index in [9.17, 15) is 9.59 Å². The monoisotopic (exact) mass is 340 g/mol. The summed E-state index contributed by atoms with van der Waals surface area (Å²) in [4.78, 5) is 31.5. The number of hydrogen-bond donors (Lipinski definition) is 2. The number of nitrogens with zero attached hydrogens (tertiary/aromatic N) is 4. The number of nitrogens with two attached hydrogens (primary N) is 1. The Morgan fingerprint density at radius 1 is 1.16 bits per heavy atom. The molecule has 4 rings (SSSR count). The van der Waals surface area contributed by atoms with Crippen molar-refractivity contribution in [1.82, 2.24) is 20.1 Å². The Labute approximate surface area is 145 Å². The first kappa shape index (κ1) is 15.6. The van der Waals surface area contributed by atoms with Crippen LogP contribution in [0.2, 0.25) is 0 Å². The number of nitrogens with one attached hydrogen (secondary N) is 1. The molecule has 1 saturated carbocycles. The number of amides is 2. The maximum absolute atomic E-state index is 12.6. The Balaban J connectivity index is 1.37. The summed E-state index contributed by atoms with van der Waals surface area (Å²) in [7, 11) is 0. The van der Waals surface area contributed by atoms with Crippen molar-refractivity contribution in [3.8, 4) is 0 Å². The van der Waals surface area contributed by atoms with Gasteiger partial charge in [-0.05, 0) is 25.0 Å². The van der Waals surface area contributed by atoms with Gasteiger partial charge in [0.05, 0.1) is 5.56 Å². The topological polar surface area (TPSA) is 108 Å². The molecule has 3 N–H and O–H groups in total. The average Bonchev–Trinajstić information content (AvgIpc) is 3.38. The van der Waals surface area contributed by atoms with Crippen molar-refractivity contribution in [2.45, 2.75) is 18.8 Å². The van der Waals surface area contributed by atoms with Crippen LogP contribution in [0.5, 0.6) is 0 Å². The lowest BCUT2D eigenvalue weighted by Crippen LogP contribution is -2.49. The van der Waals surface area contributed by atoms with Gasteiger partial charge in [0.25, 0.3) is 11.8 Å². The number of aromatic nitrogens is 3. The van der Waals surface area contributed by atoms with Crippen molar-refractivity contribution in [1.29, 1.82) is 0 Å². The largest absolute Gasteiger partial charge is 0.364 e. The van der Waals surface area contributed by atoms with Gasteiger partial charge in [-0.25, -0.2) is 0 Å². The summed E-state index contributed by atoms with van der Waals surface area (Å²) >= 11 is 0. The van der Waals surface area contributed by atoms with E-state index in [1.54, 1.807) is 11.0 Å². The molecule has 0 bridgehead atoms. The second-order valence-electron chi connectivity index (χ2n) is 6.53. The molecule has 2 aromatic heterocycles. The first-order chi connectivity index (χ1) is 12.1. The van der Waals surface area contributed by atoms with Gasteiger partial charge < -0.3 is 15.5 Å². The highest BCUT2D eigenvalue weighted by Gasteiger charge is 2.28. The van der Waals surface area contributed by atoms with Gasteiger partial charge in [-0.1, -0.05) is 0 Å². The molecule has 2 fully saturated rings. The summed E-state index contributed by atoms with van der Waals surface area (Å²) < 4.78 is 0. The number of pyridine rings is 1. The first-order valence-corrected chi connectivity index (χ1v) is 8.47. The standard InChI is InChI=1S/C17H20N6O2/c18-16(24)13-4-3-12(10-19-13)17(25)23-7-5-22(6-8-23)15-9-14(20-21-15)11-1-2-11/h3-4,9-11H,1-2,5-8H2,(H2,18,24)(H,20,21). The zero-order valence-corrected chi connectivity index (χ0v) is 13.8. The number of carbonyl (C=O) groups is 2. The molecule has 2 amide bonds. The van der Waals surface area contributed by atoms with Crippen LogP contribution < -0.4 is 10.6 Å². The molecule has 8 heteroatoms. The van der Waals surface area contributed by atoms with Crippen LogP contribution in [-0.2, 0) is 0 Å². The van der Waals surface area contributed by atoms with Gasteiger partial charge in [-0.3, -0.25) is 19.7 Å². The number of carbonyl (C=O) groups excluding carboxylic acids is 2. The maximum atomic E-state index is 12.6. The minimum absolute atomic E-state index is 0.0798. The highest BCUT2D eigenvalue weighted by molar-refractivity contribution is 5.95. The Morgan fingerprint density at radius 2 is 1.92 bits per heavy atom. The molecule has 0 unspecified atom stereocenters. The molecule has 1 saturated heterocycles. The molecule has 25 heavy (non-hydrogen) atoms. The predicted molar refractivity (Wildman–Crippen MR) is 91.4 cm³/mol. The highest BCUT2D eigenvalue weighted by atomic mass is 16.2. The van der Waals surface area contributed by atoms with Gasteiger partial charge in [0.15, 0.2) is 5.82 Å². The lowest BCUT2D eigenvalue weighted by Gasteiger charge is -2.34. The van der Waals surface area contributed by atoms with Crippen LogP contribution >= 0.6 is 0 Å². The minimum Gasteiger partial charge on any atom is -0.364 e. The fourth-order valence-corrected chi connectivity index (χ4v) is 3.08. The van der Waals surface area contributed by atoms with E-state index in [1.807, 2.05) is 0 Å². The van der Waals surface area contributed by atoms with Crippen molar-refractivity contribution in [3.63, 3.8) is 0 Å². The van der Waals surface area contributed by atoms with E-state index in [-0.39, 0.29) is 11.6 Å². The molecule has 0 spiro atoms. The molecule has 0 aromatic carbocycles. The van der Waals surface area contributed by atoms with Crippen LogP contribution in [0.1, 0.15) is 45.3 Å². The second-order valence-corrected chi connectivity index (χ2v) is 6.53. The molecule has 2 aliphatic rings. The number of primary amides is 1. The van der Waals surface area contributed by atoms with Crippen LogP contribution in [0.25, 0.3) is 0 Å². The Morgan fingerprint density at radius 3 is 2.52 bits per heavy atom. The number of H-pyrrole nitrogens is 1. The number of anilines is 1. The van der Waals surface area contributed by atoms with Gasteiger partial charge in [0.2, 0.25) is 0 Å². The summed E-state index contributed by atoms with van der Waals surface area (Å²) in [6, 6.07) is 5.20. The van der Waals surface area contributed by atoms with Crippen molar-refractivity contribution >= 4 is 17.6 Å². The highest BCUT2D eigenvalue weighted by Crippen LogP contribution is 2.39. The Hall–Kier alpha value is -2.90. The van der Waals surface area contributed by atoms with Crippen LogP contribution in [0.4, 0.5) is 5.82 Å². The lowest BCUT2D eigenvalue weighted by atomic mass is 10.2. The molecule has 0 radical (unpaired) electrons. The minimum atomic E-state index is -0.600. The third-order valence-electron chi connectivity index (χ3n) is 4.76. The normalized spacial score (nSPS) is 17.6. The van der Waals surface area contributed by atoms with Crippen molar-refractivity contribution in [2.75, 3.05) is 31.1 Å². The number of aromatic amines is 1. The molecular weight excluding hydrogens is 320 g/mol. The summed E-state index contributed by atoms with van der Waals surface area (Å²) in [5.74, 6) is 0.933. The SMILES string of the molecule is NC(=O)c1ccc(C(=O)N2CCN(c3cc(C4CC4)[nH]n3)CC2)cn1. The van der Waals surface area contributed by atoms with Crippen LogP contribution in [0, 0.1) is 0 Å². The van der Waals surface area contributed by atoms with Gasteiger partial charge >= 0.3 is 0 Å². The average molecular weight is 340 g/mol. The molecule has 1 aliphatic carbocycles. The summed E-state index contributed by atoms with van der Waals surface area (Å²) in [5.41, 5.74) is 7.01. The van der Waals surface area contributed by atoms with E-state index in [4.69, 9.17) is 5.73 Å². The van der Waals surface area contributed by atoms with Gasteiger partial charge in [-0.15, -0.1) is 0 Å². The van der Waals surface area contributed by atoms with E-state index < -0.39 is 5.91 Å². The molecule has 8 nitrogen and oxygen atoms in total. The summed E-state index contributed by atoms with van der Waals surface area (Å²) in [6.45, 7) is 2.74. The van der Waals surface area contributed by atoms with Crippen LogP contribution in [0.15, 0.2) is 24.4 Å². The summed E-state index contributed by atoms with van der Waals surface area (Å²) in [6.07, 6.45) is 3.89. The third kappa shape index (κ3) is 3.19. The molecule has 0 atom stereocenters. The molecular formula is C17H20N6O2. The predicted octanol–water partition coefficient (Wildman–Crippen LogP) is 0.743. The van der Waals surface area contributed by atoms with Gasteiger partial charge in [0.1, 0.15) is 5.69 Å². The van der Waals surface area contributed by atoms with Crippen molar-refractivity contribution in [3.05, 3.63) is 41.3 Å². The van der Waals surface area contributed by atoms with Crippen LogP contribution in [-0.4, -0.2) is 58.1 Å². The smallest absolute Gasteiger partial charge is 0.267 e. The van der Waals surface area contributed by atoms with E-state index >= 15 is 0 Å². The second kappa shape index (κ2) is 6.19. The van der Waals surface area contributed by atoms with E-state index in [0.29, 0.717) is 24.6 Å². The van der Waals surface area contributed by atoms with Crippen molar-refractivity contribution < 1.29 is 9.59 Å². The lowest BCUT2D eigenvalue weighted by molar-refractivity contribution is 0.0745. The Kier molecular flexibility index (Phi) is 3.87. The van der Waals surface area contributed by atoms with Crippen LogP contribution in [0.3, 0.4) is 0 Å².